The van der Waals surface area contributed by atoms with Crippen molar-refractivity contribution in [2.45, 2.75) is 5.16 Å². The van der Waals surface area contributed by atoms with Crippen LogP contribution in [0.25, 0.3) is 11.4 Å². The van der Waals surface area contributed by atoms with E-state index in [-0.39, 0.29) is 11.7 Å². The fourth-order valence-electron chi connectivity index (χ4n) is 1.73. The lowest BCUT2D eigenvalue weighted by molar-refractivity contribution is -0.113. The number of aromatic nitrogens is 4. The molecule has 3 rings (SSSR count). The first kappa shape index (κ1) is 14.5. The van der Waals surface area contributed by atoms with Crippen molar-refractivity contribution in [1.29, 1.82) is 0 Å². The molecule has 3 N–H and O–H groups in total. The van der Waals surface area contributed by atoms with Gasteiger partial charge in [0.15, 0.2) is 11.0 Å². The average Bonchev–Trinajstić information content (AvgIpc) is 3.16. The predicted molar refractivity (Wildman–Crippen MR) is 87.1 cm³/mol. The van der Waals surface area contributed by atoms with Crippen LogP contribution in [0.3, 0.4) is 0 Å². The minimum atomic E-state index is -0.163. The van der Waals surface area contributed by atoms with Crippen LogP contribution < -0.4 is 11.2 Å². The minimum absolute atomic E-state index is 0.163. The van der Waals surface area contributed by atoms with Crippen molar-refractivity contribution < 1.29 is 4.79 Å². The summed E-state index contributed by atoms with van der Waals surface area (Å²) in [5.74, 6) is 6.57. The van der Waals surface area contributed by atoms with Crippen LogP contribution in [-0.4, -0.2) is 31.5 Å². The Balaban J connectivity index is 1.64. The molecule has 7 nitrogen and oxygen atoms in total. The second-order valence-corrected chi connectivity index (χ2v) is 6.05. The Morgan fingerprint density at radius 2 is 2.14 bits per heavy atom. The highest BCUT2D eigenvalue weighted by molar-refractivity contribution is 7.99. The lowest BCUT2D eigenvalue weighted by Gasteiger charge is -2.03. The molecule has 2 heterocycles. The van der Waals surface area contributed by atoms with Crippen molar-refractivity contribution in [1.82, 2.24) is 19.9 Å². The van der Waals surface area contributed by atoms with Gasteiger partial charge in [-0.15, -0.1) is 21.5 Å². The number of nitrogen functional groups attached to an aromatic ring is 1. The van der Waals surface area contributed by atoms with E-state index in [4.69, 9.17) is 5.84 Å². The maximum atomic E-state index is 11.8. The first-order valence-corrected chi connectivity index (χ1v) is 8.18. The van der Waals surface area contributed by atoms with Gasteiger partial charge in [0, 0.05) is 17.1 Å². The number of carbonyl (C=O) groups excluding carboxylic acids is 1. The zero-order chi connectivity index (χ0) is 15.4. The molecule has 0 aliphatic heterocycles. The predicted octanol–water partition coefficient (Wildman–Crippen LogP) is 1.85. The monoisotopic (exact) mass is 332 g/mol. The van der Waals surface area contributed by atoms with E-state index in [1.165, 1.54) is 27.8 Å². The van der Waals surface area contributed by atoms with Crippen LogP contribution >= 0.6 is 23.1 Å². The topological polar surface area (TPSA) is 98.7 Å². The summed E-state index contributed by atoms with van der Waals surface area (Å²) in [6, 6.07) is 9.52. The van der Waals surface area contributed by atoms with Gasteiger partial charge >= 0.3 is 0 Å². The van der Waals surface area contributed by atoms with Gasteiger partial charge in [-0.2, -0.15) is 0 Å². The Hall–Kier alpha value is -2.39. The van der Waals surface area contributed by atoms with Crippen LogP contribution in [0.5, 0.6) is 0 Å². The Bertz CT molecular complexity index is 756. The van der Waals surface area contributed by atoms with Crippen molar-refractivity contribution in [2.75, 3.05) is 16.9 Å². The summed E-state index contributed by atoms with van der Waals surface area (Å²) in [6.07, 6.45) is 1.63. The second kappa shape index (κ2) is 6.58. The first-order chi connectivity index (χ1) is 10.7. The zero-order valence-electron chi connectivity index (χ0n) is 11.3. The normalized spacial score (nSPS) is 10.5. The summed E-state index contributed by atoms with van der Waals surface area (Å²) < 4.78 is 1.39. The van der Waals surface area contributed by atoms with Gasteiger partial charge in [-0.05, 0) is 0 Å². The van der Waals surface area contributed by atoms with E-state index < -0.39 is 0 Å². The fraction of sp³-hybridized carbons (Fsp3) is 0.0769. The third-order valence-electron chi connectivity index (χ3n) is 2.71. The summed E-state index contributed by atoms with van der Waals surface area (Å²) >= 11 is 2.59. The van der Waals surface area contributed by atoms with Gasteiger partial charge in [0.05, 0.1) is 5.75 Å². The standard InChI is InChI=1S/C13H12N6OS2/c14-19-11(9-4-2-1-3-5-9)17-18-13(19)22-8-10(20)16-12-15-6-7-21-12/h1-7H,8,14H2,(H,15,16,20). The summed E-state index contributed by atoms with van der Waals surface area (Å²) in [5.41, 5.74) is 0.872. The fourth-order valence-corrected chi connectivity index (χ4v) is 2.93. The molecular formula is C13H12N6OS2. The molecule has 112 valence electrons. The van der Waals surface area contributed by atoms with Crippen molar-refractivity contribution in [2.24, 2.45) is 0 Å². The first-order valence-electron chi connectivity index (χ1n) is 6.32. The average molecular weight is 332 g/mol. The number of carbonyl (C=O) groups is 1. The minimum Gasteiger partial charge on any atom is -0.335 e. The summed E-state index contributed by atoms with van der Waals surface area (Å²) in [6.45, 7) is 0. The molecule has 0 saturated heterocycles. The van der Waals surface area contributed by atoms with E-state index in [0.717, 1.165) is 5.56 Å². The maximum Gasteiger partial charge on any atom is 0.236 e. The molecule has 0 fully saturated rings. The number of rotatable bonds is 5. The number of hydrogen-bond donors (Lipinski definition) is 2. The zero-order valence-corrected chi connectivity index (χ0v) is 13.0. The van der Waals surface area contributed by atoms with Crippen LogP contribution in [0.4, 0.5) is 5.13 Å². The van der Waals surface area contributed by atoms with E-state index in [9.17, 15) is 4.79 Å². The third kappa shape index (κ3) is 3.26. The molecule has 0 saturated carbocycles. The van der Waals surface area contributed by atoms with Crippen LogP contribution in [0.2, 0.25) is 0 Å². The van der Waals surface area contributed by atoms with Crippen LogP contribution in [0.15, 0.2) is 47.1 Å². The van der Waals surface area contributed by atoms with Gasteiger partial charge in [-0.3, -0.25) is 4.79 Å². The number of nitrogens with one attached hydrogen (secondary N) is 1. The number of hydrogen-bond acceptors (Lipinski definition) is 7. The molecule has 1 aromatic carbocycles. The Morgan fingerprint density at radius 3 is 2.86 bits per heavy atom. The van der Waals surface area contributed by atoms with Crippen LogP contribution in [0.1, 0.15) is 0 Å². The molecule has 22 heavy (non-hydrogen) atoms. The van der Waals surface area contributed by atoms with Gasteiger partial charge in [-0.1, -0.05) is 42.1 Å². The van der Waals surface area contributed by atoms with Gasteiger partial charge < -0.3 is 11.2 Å². The Morgan fingerprint density at radius 1 is 1.32 bits per heavy atom. The molecule has 0 atom stereocenters. The van der Waals surface area contributed by atoms with Gasteiger partial charge in [0.25, 0.3) is 0 Å². The highest BCUT2D eigenvalue weighted by Crippen LogP contribution is 2.21. The molecule has 0 aliphatic carbocycles. The van der Waals surface area contributed by atoms with Gasteiger partial charge in [0.1, 0.15) is 0 Å². The molecule has 2 aromatic heterocycles. The molecule has 0 aliphatic rings. The molecule has 9 heteroatoms. The van der Waals surface area contributed by atoms with E-state index in [0.29, 0.717) is 16.1 Å². The summed E-state index contributed by atoms with van der Waals surface area (Å²) in [5, 5.41) is 13.6. The van der Waals surface area contributed by atoms with Crippen LogP contribution in [-0.2, 0) is 4.79 Å². The number of nitrogens with two attached hydrogens (primary N) is 1. The second-order valence-electron chi connectivity index (χ2n) is 4.22. The van der Waals surface area contributed by atoms with Crippen LogP contribution in [0, 0.1) is 0 Å². The maximum absolute atomic E-state index is 11.8. The van der Waals surface area contributed by atoms with E-state index in [2.05, 4.69) is 20.5 Å². The van der Waals surface area contributed by atoms with Gasteiger partial charge in [0.2, 0.25) is 11.1 Å². The van der Waals surface area contributed by atoms with Crippen molar-refractivity contribution in [3.8, 4) is 11.4 Å². The number of thiazole rings is 1. The van der Waals surface area contributed by atoms with Crippen molar-refractivity contribution >= 4 is 34.1 Å². The Kier molecular flexibility index (Phi) is 4.35. The number of thioether (sulfide) groups is 1. The number of nitrogens with zero attached hydrogens (tertiary/aromatic N) is 4. The largest absolute Gasteiger partial charge is 0.335 e. The lowest BCUT2D eigenvalue weighted by Crippen LogP contribution is -2.16. The molecule has 0 bridgehead atoms. The van der Waals surface area contributed by atoms with E-state index in [1.807, 2.05) is 30.3 Å². The molecule has 1 amide bonds. The number of amides is 1. The van der Waals surface area contributed by atoms with Crippen molar-refractivity contribution in [3.63, 3.8) is 0 Å². The molecule has 0 spiro atoms. The number of benzene rings is 1. The molecule has 0 radical (unpaired) electrons. The summed E-state index contributed by atoms with van der Waals surface area (Å²) in [4.78, 5) is 15.8. The number of anilines is 1. The van der Waals surface area contributed by atoms with E-state index >= 15 is 0 Å². The summed E-state index contributed by atoms with van der Waals surface area (Å²) in [7, 11) is 0. The smallest absolute Gasteiger partial charge is 0.236 e. The highest BCUT2D eigenvalue weighted by Gasteiger charge is 2.13. The SMILES string of the molecule is Nn1c(SCC(=O)Nc2nccs2)nnc1-c1ccccc1. The van der Waals surface area contributed by atoms with Crippen molar-refractivity contribution in [3.05, 3.63) is 41.9 Å². The highest BCUT2D eigenvalue weighted by atomic mass is 32.2. The molecular weight excluding hydrogens is 320 g/mol. The third-order valence-corrected chi connectivity index (χ3v) is 4.34. The Labute approximate surface area is 134 Å². The molecule has 0 unspecified atom stereocenters. The molecule has 3 aromatic rings. The van der Waals surface area contributed by atoms with Gasteiger partial charge in [-0.25, -0.2) is 9.66 Å². The lowest BCUT2D eigenvalue weighted by atomic mass is 10.2. The van der Waals surface area contributed by atoms with E-state index in [1.54, 1.807) is 11.6 Å². The quantitative estimate of drug-likeness (QED) is 0.546.